The summed E-state index contributed by atoms with van der Waals surface area (Å²) >= 11 is 0. The molecule has 1 amide bonds. The Kier molecular flexibility index (Phi) is 8.13. The lowest BCUT2D eigenvalue weighted by atomic mass is 9.96. The van der Waals surface area contributed by atoms with E-state index < -0.39 is 0 Å². The van der Waals surface area contributed by atoms with Crippen LogP contribution in [0.5, 0.6) is 0 Å². The maximum absolute atomic E-state index is 12.3. The molecule has 2 N–H and O–H groups in total. The number of ketones is 1. The highest BCUT2D eigenvalue weighted by molar-refractivity contribution is 5.98. The Bertz CT molecular complexity index is 546. The van der Waals surface area contributed by atoms with Crippen LogP contribution in [-0.2, 0) is 11.2 Å². The molecule has 2 rings (SSSR count). The van der Waals surface area contributed by atoms with Crippen molar-refractivity contribution >= 4 is 11.7 Å². The minimum atomic E-state index is 0.0605. The van der Waals surface area contributed by atoms with Crippen molar-refractivity contribution in [2.24, 2.45) is 11.7 Å². The third kappa shape index (κ3) is 6.28. The molecule has 1 fully saturated rings. The highest BCUT2D eigenvalue weighted by Crippen LogP contribution is 2.17. The Balaban J connectivity index is 1.75. The van der Waals surface area contributed by atoms with E-state index in [1.165, 1.54) is 24.8 Å². The van der Waals surface area contributed by atoms with Crippen LogP contribution in [0, 0.1) is 5.92 Å². The Morgan fingerprint density at radius 3 is 2.36 bits per heavy atom. The summed E-state index contributed by atoms with van der Waals surface area (Å²) in [5.74, 6) is 0.701. The zero-order valence-electron chi connectivity index (χ0n) is 15.5. The smallest absolute Gasteiger partial charge is 0.223 e. The summed E-state index contributed by atoms with van der Waals surface area (Å²) in [4.78, 5) is 26.5. The molecule has 0 unspecified atom stereocenters. The number of piperidine rings is 1. The number of amides is 1. The van der Waals surface area contributed by atoms with Gasteiger partial charge < -0.3 is 10.6 Å². The van der Waals surface area contributed by atoms with Gasteiger partial charge in [0.1, 0.15) is 0 Å². The van der Waals surface area contributed by atoms with Gasteiger partial charge >= 0.3 is 0 Å². The summed E-state index contributed by atoms with van der Waals surface area (Å²) in [5, 5.41) is 0. The van der Waals surface area contributed by atoms with Crippen LogP contribution in [0.1, 0.15) is 67.8 Å². The summed E-state index contributed by atoms with van der Waals surface area (Å²) in [6.45, 7) is 4.46. The number of carbonyl (C=O) groups excluding carboxylic acids is 2. The molecule has 0 bridgehead atoms. The van der Waals surface area contributed by atoms with E-state index in [2.05, 4.69) is 6.92 Å². The molecule has 1 heterocycles. The number of hydrogen-bond acceptors (Lipinski definition) is 3. The number of hydrogen-bond donors (Lipinski definition) is 1. The fraction of sp³-hybridized carbons (Fsp3) is 0.619. The number of rotatable bonds is 9. The van der Waals surface area contributed by atoms with Gasteiger partial charge in [-0.05, 0) is 43.7 Å². The summed E-state index contributed by atoms with van der Waals surface area (Å²) in [7, 11) is 0. The Hall–Kier alpha value is -1.68. The van der Waals surface area contributed by atoms with Gasteiger partial charge in [0, 0.05) is 31.5 Å². The molecule has 1 aromatic rings. The van der Waals surface area contributed by atoms with Crippen LogP contribution in [-0.4, -0.2) is 36.2 Å². The predicted octanol–water partition coefficient (Wildman–Crippen LogP) is 3.58. The largest absolute Gasteiger partial charge is 0.343 e. The van der Waals surface area contributed by atoms with Gasteiger partial charge in [0.15, 0.2) is 5.78 Å². The highest BCUT2D eigenvalue weighted by Gasteiger charge is 2.22. The summed E-state index contributed by atoms with van der Waals surface area (Å²) in [6.07, 6.45) is 7.29. The van der Waals surface area contributed by atoms with Gasteiger partial charge in [-0.25, -0.2) is 0 Å². The molecule has 0 aliphatic carbocycles. The topological polar surface area (TPSA) is 63.4 Å². The maximum Gasteiger partial charge on any atom is 0.223 e. The SMILES string of the molecule is CCCCCc1ccc(C(=O)CCC(=O)N2CCC(CN)CC2)cc1. The van der Waals surface area contributed by atoms with Gasteiger partial charge in [-0.2, -0.15) is 0 Å². The van der Waals surface area contributed by atoms with Crippen molar-refractivity contribution in [2.75, 3.05) is 19.6 Å². The molecule has 1 aliphatic rings. The first-order chi connectivity index (χ1) is 12.1. The van der Waals surface area contributed by atoms with Gasteiger partial charge in [-0.1, -0.05) is 44.0 Å². The lowest BCUT2D eigenvalue weighted by molar-refractivity contribution is -0.132. The van der Waals surface area contributed by atoms with E-state index in [9.17, 15) is 9.59 Å². The van der Waals surface area contributed by atoms with E-state index in [0.717, 1.165) is 32.4 Å². The Morgan fingerprint density at radius 2 is 1.76 bits per heavy atom. The fourth-order valence-electron chi connectivity index (χ4n) is 3.38. The predicted molar refractivity (Wildman–Crippen MR) is 102 cm³/mol. The van der Waals surface area contributed by atoms with Crippen LogP contribution in [0.15, 0.2) is 24.3 Å². The van der Waals surface area contributed by atoms with Crippen LogP contribution in [0.4, 0.5) is 0 Å². The molecule has 4 heteroatoms. The molecule has 138 valence electrons. The minimum absolute atomic E-state index is 0.0605. The number of Topliss-reactive ketones (excluding diaryl/α,β-unsaturated/α-hetero) is 1. The van der Waals surface area contributed by atoms with Crippen molar-refractivity contribution in [2.45, 2.75) is 58.3 Å². The molecule has 1 saturated heterocycles. The number of benzene rings is 1. The Morgan fingerprint density at radius 1 is 1.08 bits per heavy atom. The second-order valence-corrected chi connectivity index (χ2v) is 7.14. The zero-order valence-corrected chi connectivity index (χ0v) is 15.5. The van der Waals surface area contributed by atoms with Crippen molar-refractivity contribution in [1.82, 2.24) is 4.90 Å². The standard InChI is InChI=1S/C21H32N2O2/c1-2-3-4-5-17-6-8-19(9-7-17)20(24)10-11-21(25)23-14-12-18(16-22)13-15-23/h6-9,18H,2-5,10-16,22H2,1H3. The Labute approximate surface area is 151 Å². The maximum atomic E-state index is 12.3. The van der Waals surface area contributed by atoms with Gasteiger partial charge in [0.25, 0.3) is 0 Å². The monoisotopic (exact) mass is 344 g/mol. The van der Waals surface area contributed by atoms with E-state index in [4.69, 9.17) is 5.73 Å². The molecule has 0 aromatic heterocycles. The molecule has 1 aliphatic heterocycles. The van der Waals surface area contributed by atoms with E-state index >= 15 is 0 Å². The van der Waals surface area contributed by atoms with Crippen molar-refractivity contribution in [3.63, 3.8) is 0 Å². The van der Waals surface area contributed by atoms with E-state index in [1.54, 1.807) is 0 Å². The average molecular weight is 344 g/mol. The van der Waals surface area contributed by atoms with Crippen molar-refractivity contribution in [3.8, 4) is 0 Å². The molecule has 1 aromatic carbocycles. The summed E-state index contributed by atoms with van der Waals surface area (Å²) in [5.41, 5.74) is 7.68. The van der Waals surface area contributed by atoms with Crippen LogP contribution in [0.3, 0.4) is 0 Å². The number of unbranched alkanes of at least 4 members (excludes halogenated alkanes) is 2. The summed E-state index contributed by atoms with van der Waals surface area (Å²) in [6, 6.07) is 7.90. The minimum Gasteiger partial charge on any atom is -0.343 e. The average Bonchev–Trinajstić information content (AvgIpc) is 2.66. The van der Waals surface area contributed by atoms with Gasteiger partial charge in [0.2, 0.25) is 5.91 Å². The first-order valence-corrected chi connectivity index (χ1v) is 9.74. The van der Waals surface area contributed by atoms with Gasteiger partial charge in [-0.3, -0.25) is 9.59 Å². The highest BCUT2D eigenvalue weighted by atomic mass is 16.2. The van der Waals surface area contributed by atoms with E-state index in [0.29, 0.717) is 30.9 Å². The van der Waals surface area contributed by atoms with Crippen LogP contribution in [0.25, 0.3) is 0 Å². The van der Waals surface area contributed by atoms with E-state index in [1.807, 2.05) is 29.2 Å². The van der Waals surface area contributed by atoms with E-state index in [-0.39, 0.29) is 11.7 Å². The summed E-state index contributed by atoms with van der Waals surface area (Å²) < 4.78 is 0. The molecule has 0 atom stereocenters. The molecule has 0 saturated carbocycles. The third-order valence-electron chi connectivity index (χ3n) is 5.21. The molecular weight excluding hydrogens is 312 g/mol. The number of carbonyl (C=O) groups is 2. The number of nitrogens with two attached hydrogens (primary N) is 1. The van der Waals surface area contributed by atoms with Crippen molar-refractivity contribution < 1.29 is 9.59 Å². The van der Waals surface area contributed by atoms with Crippen molar-refractivity contribution in [3.05, 3.63) is 35.4 Å². The molecule has 4 nitrogen and oxygen atoms in total. The quantitative estimate of drug-likeness (QED) is 0.550. The van der Waals surface area contributed by atoms with Crippen molar-refractivity contribution in [1.29, 1.82) is 0 Å². The van der Waals surface area contributed by atoms with Crippen LogP contribution >= 0.6 is 0 Å². The first-order valence-electron chi connectivity index (χ1n) is 9.74. The first kappa shape index (κ1) is 19.6. The molecule has 0 spiro atoms. The normalized spacial score (nSPS) is 15.4. The second kappa shape index (κ2) is 10.3. The lowest BCUT2D eigenvalue weighted by Crippen LogP contribution is -2.40. The molecule has 25 heavy (non-hydrogen) atoms. The zero-order chi connectivity index (χ0) is 18.1. The number of likely N-dealkylation sites (tertiary alicyclic amines) is 1. The molecule has 0 radical (unpaired) electrons. The van der Waals surface area contributed by atoms with Crippen LogP contribution in [0.2, 0.25) is 0 Å². The van der Waals surface area contributed by atoms with Gasteiger partial charge in [-0.15, -0.1) is 0 Å². The van der Waals surface area contributed by atoms with Crippen LogP contribution < -0.4 is 5.73 Å². The third-order valence-corrected chi connectivity index (χ3v) is 5.21. The number of aryl methyl sites for hydroxylation is 1. The van der Waals surface area contributed by atoms with Gasteiger partial charge in [0.05, 0.1) is 0 Å². The lowest BCUT2D eigenvalue weighted by Gasteiger charge is -2.31. The second-order valence-electron chi connectivity index (χ2n) is 7.14. The number of nitrogens with zero attached hydrogens (tertiary/aromatic N) is 1. The molecular formula is C21H32N2O2. The fourth-order valence-corrected chi connectivity index (χ4v) is 3.38.